The van der Waals surface area contributed by atoms with E-state index in [1.54, 1.807) is 12.1 Å². The molecule has 5 nitrogen and oxygen atoms in total. The van der Waals surface area contributed by atoms with Gasteiger partial charge in [0.25, 0.3) is 0 Å². The number of nitrogens with one attached hydrogen (secondary N) is 1. The van der Waals surface area contributed by atoms with Gasteiger partial charge in [0.2, 0.25) is 5.91 Å². The van der Waals surface area contributed by atoms with Crippen LogP contribution in [0.25, 0.3) is 0 Å². The number of anilines is 1. The quantitative estimate of drug-likeness (QED) is 0.835. The molecule has 1 aromatic carbocycles. The summed E-state index contributed by atoms with van der Waals surface area (Å²) in [6.45, 7) is 7.82. The van der Waals surface area contributed by atoms with E-state index in [0.29, 0.717) is 11.3 Å². The standard InChI is InChI=1S/C16H24N2O3/c1-10-6-7-12(11(8-10)15(20)21-5)18-14(19)9-13(17)16(2,3)4/h6-8,13H,9,17H2,1-5H3,(H,18,19). The van der Waals surface area contributed by atoms with Gasteiger partial charge in [-0.3, -0.25) is 4.79 Å². The minimum atomic E-state index is -0.478. The molecule has 0 aliphatic rings. The summed E-state index contributed by atoms with van der Waals surface area (Å²) >= 11 is 0. The number of carbonyl (C=O) groups is 2. The number of nitrogens with two attached hydrogens (primary N) is 1. The van der Waals surface area contributed by atoms with Crippen LogP contribution in [0, 0.1) is 12.3 Å². The summed E-state index contributed by atoms with van der Waals surface area (Å²) < 4.78 is 4.73. The first-order valence-electron chi connectivity index (χ1n) is 6.89. The van der Waals surface area contributed by atoms with Gasteiger partial charge < -0.3 is 15.8 Å². The molecule has 0 heterocycles. The van der Waals surface area contributed by atoms with E-state index in [4.69, 9.17) is 10.5 Å². The van der Waals surface area contributed by atoms with Crippen LogP contribution in [0.1, 0.15) is 43.1 Å². The minimum absolute atomic E-state index is 0.157. The second-order valence-corrected chi connectivity index (χ2v) is 6.27. The number of hydrogen-bond acceptors (Lipinski definition) is 4. The van der Waals surface area contributed by atoms with E-state index in [0.717, 1.165) is 5.56 Å². The van der Waals surface area contributed by atoms with Gasteiger partial charge in [-0.1, -0.05) is 32.4 Å². The Morgan fingerprint density at radius 2 is 1.95 bits per heavy atom. The van der Waals surface area contributed by atoms with E-state index in [-0.39, 0.29) is 23.8 Å². The third-order valence-corrected chi connectivity index (χ3v) is 3.37. The van der Waals surface area contributed by atoms with Crippen LogP contribution < -0.4 is 11.1 Å². The highest BCUT2D eigenvalue weighted by molar-refractivity contribution is 6.01. The summed E-state index contributed by atoms with van der Waals surface area (Å²) in [4.78, 5) is 23.8. The molecule has 5 heteroatoms. The second kappa shape index (κ2) is 6.72. The number of methoxy groups -OCH3 is 1. The van der Waals surface area contributed by atoms with Crippen molar-refractivity contribution in [3.63, 3.8) is 0 Å². The number of ether oxygens (including phenoxy) is 1. The summed E-state index contributed by atoms with van der Waals surface area (Å²) in [5.74, 6) is -0.694. The zero-order valence-electron chi connectivity index (χ0n) is 13.3. The molecule has 0 bridgehead atoms. The average Bonchev–Trinajstić information content (AvgIpc) is 2.38. The maximum absolute atomic E-state index is 12.1. The van der Waals surface area contributed by atoms with Gasteiger partial charge in [0.05, 0.1) is 18.4 Å². The predicted octanol–water partition coefficient (Wildman–Crippen LogP) is 2.48. The summed E-state index contributed by atoms with van der Waals surface area (Å²) in [5.41, 5.74) is 7.55. The highest BCUT2D eigenvalue weighted by Crippen LogP contribution is 2.22. The Bertz CT molecular complexity index is 533. The minimum Gasteiger partial charge on any atom is -0.465 e. The van der Waals surface area contributed by atoms with Crippen LogP contribution in [0.5, 0.6) is 0 Å². The van der Waals surface area contributed by atoms with Crippen molar-refractivity contribution in [3.8, 4) is 0 Å². The lowest BCUT2D eigenvalue weighted by molar-refractivity contribution is -0.117. The molecule has 1 rings (SSSR count). The molecule has 0 saturated heterocycles. The number of benzene rings is 1. The number of esters is 1. The number of aryl methyl sites for hydroxylation is 1. The fraction of sp³-hybridized carbons (Fsp3) is 0.500. The Hall–Kier alpha value is -1.88. The van der Waals surface area contributed by atoms with Crippen LogP contribution in [-0.4, -0.2) is 25.0 Å². The van der Waals surface area contributed by atoms with Gasteiger partial charge in [-0.15, -0.1) is 0 Å². The monoisotopic (exact) mass is 292 g/mol. The van der Waals surface area contributed by atoms with E-state index >= 15 is 0 Å². The van der Waals surface area contributed by atoms with Crippen LogP contribution in [0.3, 0.4) is 0 Å². The molecule has 0 aliphatic carbocycles. The van der Waals surface area contributed by atoms with Gasteiger partial charge in [-0.05, 0) is 24.5 Å². The molecular weight excluding hydrogens is 268 g/mol. The smallest absolute Gasteiger partial charge is 0.339 e. The lowest BCUT2D eigenvalue weighted by Crippen LogP contribution is -2.38. The fourth-order valence-corrected chi connectivity index (χ4v) is 1.75. The molecule has 1 aromatic rings. The third kappa shape index (κ3) is 4.86. The molecule has 1 atom stereocenters. The second-order valence-electron chi connectivity index (χ2n) is 6.27. The lowest BCUT2D eigenvalue weighted by atomic mass is 9.85. The van der Waals surface area contributed by atoms with Crippen LogP contribution >= 0.6 is 0 Å². The highest BCUT2D eigenvalue weighted by atomic mass is 16.5. The Labute approximate surface area is 125 Å². The molecule has 21 heavy (non-hydrogen) atoms. The number of hydrogen-bond donors (Lipinski definition) is 2. The molecule has 0 radical (unpaired) electrons. The first kappa shape index (κ1) is 17.2. The van der Waals surface area contributed by atoms with Gasteiger partial charge in [0.1, 0.15) is 0 Å². The molecule has 1 amide bonds. The first-order valence-corrected chi connectivity index (χ1v) is 6.89. The van der Waals surface area contributed by atoms with Crippen molar-refractivity contribution in [2.75, 3.05) is 12.4 Å². The van der Waals surface area contributed by atoms with E-state index in [1.165, 1.54) is 7.11 Å². The first-order chi connectivity index (χ1) is 9.65. The van der Waals surface area contributed by atoms with Gasteiger partial charge >= 0.3 is 5.97 Å². The van der Waals surface area contributed by atoms with Gasteiger partial charge in [-0.2, -0.15) is 0 Å². The van der Waals surface area contributed by atoms with Crippen LogP contribution in [0.4, 0.5) is 5.69 Å². The summed E-state index contributed by atoms with van der Waals surface area (Å²) in [6.07, 6.45) is 0.192. The molecule has 116 valence electrons. The SMILES string of the molecule is COC(=O)c1cc(C)ccc1NC(=O)CC(N)C(C)(C)C. The van der Waals surface area contributed by atoms with Crippen molar-refractivity contribution in [2.24, 2.45) is 11.1 Å². The molecular formula is C16H24N2O3. The van der Waals surface area contributed by atoms with Crippen molar-refractivity contribution in [1.82, 2.24) is 0 Å². The Morgan fingerprint density at radius 3 is 2.48 bits per heavy atom. The lowest BCUT2D eigenvalue weighted by Gasteiger charge is -2.26. The maximum Gasteiger partial charge on any atom is 0.339 e. The zero-order valence-corrected chi connectivity index (χ0v) is 13.3. The van der Waals surface area contributed by atoms with Crippen LogP contribution in [-0.2, 0) is 9.53 Å². The summed E-state index contributed by atoms with van der Waals surface area (Å²) in [7, 11) is 1.31. The van der Waals surface area contributed by atoms with Crippen molar-refractivity contribution in [1.29, 1.82) is 0 Å². The molecule has 3 N–H and O–H groups in total. The summed E-state index contributed by atoms with van der Waals surface area (Å²) in [5, 5.41) is 2.74. The number of rotatable bonds is 4. The fourth-order valence-electron chi connectivity index (χ4n) is 1.75. The molecule has 0 saturated carbocycles. The largest absolute Gasteiger partial charge is 0.465 e. The molecule has 1 unspecified atom stereocenters. The summed E-state index contributed by atoms with van der Waals surface area (Å²) in [6, 6.07) is 4.95. The van der Waals surface area contributed by atoms with Crippen molar-refractivity contribution in [3.05, 3.63) is 29.3 Å². The van der Waals surface area contributed by atoms with Gasteiger partial charge in [0, 0.05) is 12.5 Å². The molecule has 0 spiro atoms. The van der Waals surface area contributed by atoms with E-state index < -0.39 is 5.97 Å². The Balaban J connectivity index is 2.88. The number of amides is 1. The topological polar surface area (TPSA) is 81.4 Å². The Kier molecular flexibility index (Phi) is 5.49. The van der Waals surface area contributed by atoms with Crippen molar-refractivity contribution < 1.29 is 14.3 Å². The molecule has 0 fully saturated rings. The average molecular weight is 292 g/mol. The highest BCUT2D eigenvalue weighted by Gasteiger charge is 2.24. The van der Waals surface area contributed by atoms with Gasteiger partial charge in [-0.25, -0.2) is 4.79 Å². The maximum atomic E-state index is 12.1. The normalized spacial score (nSPS) is 12.7. The van der Waals surface area contributed by atoms with E-state index in [2.05, 4.69) is 5.32 Å². The van der Waals surface area contributed by atoms with Crippen molar-refractivity contribution >= 4 is 17.6 Å². The van der Waals surface area contributed by atoms with Gasteiger partial charge in [0.15, 0.2) is 0 Å². The van der Waals surface area contributed by atoms with Crippen molar-refractivity contribution in [2.45, 2.75) is 40.2 Å². The Morgan fingerprint density at radius 1 is 1.33 bits per heavy atom. The number of carbonyl (C=O) groups excluding carboxylic acids is 2. The molecule has 0 aliphatic heterocycles. The zero-order chi connectivity index (χ0) is 16.2. The van der Waals surface area contributed by atoms with Crippen LogP contribution in [0.15, 0.2) is 18.2 Å². The van der Waals surface area contributed by atoms with Crippen LogP contribution in [0.2, 0.25) is 0 Å². The predicted molar refractivity (Wildman–Crippen MR) is 83.2 cm³/mol. The third-order valence-electron chi connectivity index (χ3n) is 3.37. The molecule has 0 aromatic heterocycles. The van der Waals surface area contributed by atoms with E-state index in [9.17, 15) is 9.59 Å². The van der Waals surface area contributed by atoms with E-state index in [1.807, 2.05) is 33.8 Å².